The summed E-state index contributed by atoms with van der Waals surface area (Å²) >= 11 is 4.24. The molecule has 0 unspecified atom stereocenters. The molecule has 0 aliphatic carbocycles. The van der Waals surface area contributed by atoms with E-state index in [9.17, 15) is 0 Å². The van der Waals surface area contributed by atoms with Crippen LogP contribution in [0.5, 0.6) is 0 Å². The maximum Gasteiger partial charge on any atom is 0.177 e. The molecule has 0 heterocycles. The van der Waals surface area contributed by atoms with Crippen molar-refractivity contribution in [3.8, 4) is 11.1 Å². The van der Waals surface area contributed by atoms with E-state index in [1.807, 2.05) is 17.6 Å². The van der Waals surface area contributed by atoms with Crippen molar-refractivity contribution in [2.75, 3.05) is 0 Å². The predicted molar refractivity (Wildman–Crippen MR) is 76.0 cm³/mol. The number of hydrogen-bond acceptors (Lipinski definition) is 2. The fourth-order valence-electron chi connectivity index (χ4n) is 1.26. The molecule has 17 heavy (non-hydrogen) atoms. The van der Waals surface area contributed by atoms with Gasteiger partial charge in [-0.2, -0.15) is 0 Å². The molecule has 0 aromatic heterocycles. The molecule has 2 aromatic carbocycles. The molecule has 0 fully saturated rings. The van der Waals surface area contributed by atoms with Gasteiger partial charge >= 0.3 is 0 Å². The summed E-state index contributed by atoms with van der Waals surface area (Å²) in [7, 11) is 0. The maximum absolute atomic E-state index is 4.79. The molecule has 2 rings (SSSR count). The quantitative estimate of drug-likeness (QED) is 0.409. The summed E-state index contributed by atoms with van der Waals surface area (Å²) in [5.74, 6) is 4.66. The average Bonchev–Trinajstić information content (AvgIpc) is 2.41. The first kappa shape index (κ1) is 13.2. The smallest absolute Gasteiger partial charge is 0.177 e. The lowest BCUT2D eigenvalue weighted by Gasteiger charge is -1.98. The highest BCUT2D eigenvalue weighted by molar-refractivity contribution is 7.80. The van der Waals surface area contributed by atoms with Gasteiger partial charge in [-0.15, -0.1) is 0 Å². The minimum atomic E-state index is 0.116. The van der Waals surface area contributed by atoms with Crippen LogP contribution in [-0.2, 0) is 0 Å². The second-order valence-corrected chi connectivity index (χ2v) is 3.68. The molecular formula is C13H15N3S. The zero-order valence-electron chi connectivity index (χ0n) is 9.34. The Labute approximate surface area is 106 Å². The van der Waals surface area contributed by atoms with Gasteiger partial charge in [-0.25, -0.2) is 5.84 Å². The normalized spacial score (nSPS) is 8.76. The van der Waals surface area contributed by atoms with Crippen molar-refractivity contribution in [1.29, 1.82) is 0 Å². The van der Waals surface area contributed by atoms with Gasteiger partial charge in [0.2, 0.25) is 0 Å². The number of hydrazine groups is 1. The lowest BCUT2D eigenvalue weighted by Crippen LogP contribution is -2.34. The highest BCUT2D eigenvalue weighted by atomic mass is 32.1. The molecular weight excluding hydrogens is 230 g/mol. The van der Waals surface area contributed by atoms with Gasteiger partial charge in [0.25, 0.3) is 0 Å². The van der Waals surface area contributed by atoms with Crippen LogP contribution in [0.3, 0.4) is 0 Å². The Morgan fingerprint density at radius 1 is 0.824 bits per heavy atom. The number of thiocarbonyl (C=S) groups is 1. The molecule has 2 aromatic rings. The predicted octanol–water partition coefficient (Wildman–Crippen LogP) is 2.05. The first-order valence-corrected chi connectivity index (χ1v) is 5.51. The summed E-state index contributed by atoms with van der Waals surface area (Å²) in [5, 5.41) is 0.116. The van der Waals surface area contributed by atoms with Crippen molar-refractivity contribution >= 4 is 17.3 Å². The van der Waals surface area contributed by atoms with E-state index in [1.165, 1.54) is 11.1 Å². The van der Waals surface area contributed by atoms with Crippen LogP contribution in [0.1, 0.15) is 0 Å². The molecule has 3 nitrogen and oxygen atoms in total. The molecule has 0 atom stereocenters. The molecule has 0 aliphatic heterocycles. The first-order chi connectivity index (χ1) is 8.24. The summed E-state index contributed by atoms with van der Waals surface area (Å²) in [5.41, 5.74) is 9.38. The van der Waals surface area contributed by atoms with Gasteiger partial charge in [-0.05, 0) is 23.3 Å². The van der Waals surface area contributed by atoms with Crippen molar-refractivity contribution in [1.82, 2.24) is 5.43 Å². The van der Waals surface area contributed by atoms with E-state index in [0.717, 1.165) is 0 Å². The van der Waals surface area contributed by atoms with Crippen LogP contribution in [0, 0.1) is 0 Å². The van der Waals surface area contributed by atoms with E-state index in [0.29, 0.717) is 0 Å². The highest BCUT2D eigenvalue weighted by Crippen LogP contribution is 2.17. The van der Waals surface area contributed by atoms with Gasteiger partial charge < -0.3 is 11.2 Å². The average molecular weight is 245 g/mol. The van der Waals surface area contributed by atoms with Crippen LogP contribution in [-0.4, -0.2) is 5.11 Å². The van der Waals surface area contributed by atoms with Crippen LogP contribution in [0.4, 0.5) is 0 Å². The Kier molecular flexibility index (Phi) is 5.71. The minimum Gasteiger partial charge on any atom is -0.375 e. The van der Waals surface area contributed by atoms with Crippen LogP contribution in [0.2, 0.25) is 0 Å². The van der Waals surface area contributed by atoms with Gasteiger partial charge in [0.15, 0.2) is 5.11 Å². The van der Waals surface area contributed by atoms with E-state index >= 15 is 0 Å². The second kappa shape index (κ2) is 7.38. The SMILES string of the molecule is NNC(N)=S.c1ccc(-c2ccccc2)cc1. The Balaban J connectivity index is 0.000000249. The van der Waals surface area contributed by atoms with Crippen molar-refractivity contribution in [2.24, 2.45) is 11.6 Å². The van der Waals surface area contributed by atoms with Crippen LogP contribution in [0.15, 0.2) is 60.7 Å². The largest absolute Gasteiger partial charge is 0.375 e. The molecule has 0 amide bonds. The van der Waals surface area contributed by atoms with E-state index in [-0.39, 0.29) is 5.11 Å². The highest BCUT2D eigenvalue weighted by Gasteiger charge is 1.91. The minimum absolute atomic E-state index is 0.116. The van der Waals surface area contributed by atoms with Gasteiger partial charge in [0, 0.05) is 0 Å². The van der Waals surface area contributed by atoms with Crippen LogP contribution < -0.4 is 17.0 Å². The van der Waals surface area contributed by atoms with Gasteiger partial charge in [0.1, 0.15) is 0 Å². The molecule has 0 saturated carbocycles. The standard InChI is InChI=1S/C12H10.CH5N3S/c1-3-7-11(8-4-1)12-9-5-2-6-10-12;2-1(5)4-3/h1-10H;3H2,(H3,2,4,5). The van der Waals surface area contributed by atoms with Crippen LogP contribution in [0.25, 0.3) is 11.1 Å². The topological polar surface area (TPSA) is 64.1 Å². The number of benzene rings is 2. The van der Waals surface area contributed by atoms with Crippen molar-refractivity contribution < 1.29 is 0 Å². The number of hydrogen-bond donors (Lipinski definition) is 3. The van der Waals surface area contributed by atoms with Crippen molar-refractivity contribution in [2.45, 2.75) is 0 Å². The van der Waals surface area contributed by atoms with Gasteiger partial charge in [-0.1, -0.05) is 60.7 Å². The Hall–Kier alpha value is -1.91. The van der Waals surface area contributed by atoms with Gasteiger partial charge in [0.05, 0.1) is 0 Å². The van der Waals surface area contributed by atoms with Gasteiger partial charge in [-0.3, -0.25) is 0 Å². The third-order valence-corrected chi connectivity index (χ3v) is 2.14. The van der Waals surface area contributed by atoms with Crippen LogP contribution >= 0.6 is 12.2 Å². The number of nitrogens with two attached hydrogens (primary N) is 2. The Morgan fingerprint density at radius 3 is 1.35 bits per heavy atom. The van der Waals surface area contributed by atoms with E-state index in [2.05, 4.69) is 66.6 Å². The Morgan fingerprint density at radius 2 is 1.12 bits per heavy atom. The third kappa shape index (κ3) is 5.10. The molecule has 0 saturated heterocycles. The molecule has 0 radical (unpaired) electrons. The summed E-state index contributed by atoms with van der Waals surface area (Å²) in [6, 6.07) is 20.8. The molecule has 0 spiro atoms. The monoisotopic (exact) mass is 245 g/mol. The zero-order chi connectivity index (χ0) is 12.5. The molecule has 0 bridgehead atoms. The third-order valence-electron chi connectivity index (χ3n) is 2.02. The summed E-state index contributed by atoms with van der Waals surface area (Å²) < 4.78 is 0. The maximum atomic E-state index is 4.79. The summed E-state index contributed by atoms with van der Waals surface area (Å²) in [4.78, 5) is 0. The van der Waals surface area contributed by atoms with E-state index in [1.54, 1.807) is 0 Å². The van der Waals surface area contributed by atoms with Crippen molar-refractivity contribution in [3.63, 3.8) is 0 Å². The second-order valence-electron chi connectivity index (χ2n) is 3.24. The summed E-state index contributed by atoms with van der Waals surface area (Å²) in [6.07, 6.45) is 0. The number of nitrogens with one attached hydrogen (secondary N) is 1. The fraction of sp³-hybridized carbons (Fsp3) is 0. The van der Waals surface area contributed by atoms with E-state index < -0.39 is 0 Å². The lowest BCUT2D eigenvalue weighted by atomic mass is 10.1. The Bertz CT molecular complexity index is 405. The molecule has 4 heteroatoms. The number of rotatable bonds is 1. The molecule has 0 aliphatic rings. The summed E-state index contributed by atoms with van der Waals surface area (Å²) in [6.45, 7) is 0. The lowest BCUT2D eigenvalue weighted by molar-refractivity contribution is 1.03. The molecule has 88 valence electrons. The fourth-order valence-corrected chi connectivity index (χ4v) is 1.26. The van der Waals surface area contributed by atoms with Crippen molar-refractivity contribution in [3.05, 3.63) is 60.7 Å². The first-order valence-electron chi connectivity index (χ1n) is 5.10. The molecule has 5 N–H and O–H groups in total. The van der Waals surface area contributed by atoms with E-state index in [4.69, 9.17) is 5.73 Å². The zero-order valence-corrected chi connectivity index (χ0v) is 10.2.